The van der Waals surface area contributed by atoms with Gasteiger partial charge in [-0.2, -0.15) is 0 Å². The first-order chi connectivity index (χ1) is 11.4. The Morgan fingerprint density at radius 1 is 1.24 bits per heavy atom. The quantitative estimate of drug-likeness (QED) is 0.542. The predicted octanol–water partition coefficient (Wildman–Crippen LogP) is 4.91. The Balaban J connectivity index is 2.40. The Labute approximate surface area is 156 Å². The highest BCUT2D eigenvalue weighted by molar-refractivity contribution is 8.13. The fourth-order valence-corrected chi connectivity index (χ4v) is 2.97. The van der Waals surface area contributed by atoms with Gasteiger partial charge in [-0.25, -0.2) is 8.78 Å². The highest BCUT2D eigenvalue weighted by Gasteiger charge is 2.52. The van der Waals surface area contributed by atoms with Crippen LogP contribution >= 0.6 is 23.4 Å². The van der Waals surface area contributed by atoms with E-state index in [-0.39, 0.29) is 16.4 Å². The van der Waals surface area contributed by atoms with Crippen molar-refractivity contribution in [1.82, 2.24) is 0 Å². The summed E-state index contributed by atoms with van der Waals surface area (Å²) in [5.74, 6) is -1.42. The molecule has 25 heavy (non-hydrogen) atoms. The van der Waals surface area contributed by atoms with E-state index in [1.165, 1.54) is 19.1 Å². The molecule has 0 amide bonds. The molecule has 1 aromatic rings. The average Bonchev–Trinajstić information content (AvgIpc) is 2.71. The van der Waals surface area contributed by atoms with Crippen molar-refractivity contribution in [2.24, 2.45) is 0 Å². The Kier molecular flexibility index (Phi) is 6.04. The number of rotatable bonds is 4. The summed E-state index contributed by atoms with van der Waals surface area (Å²) >= 11 is 6.71. The third-order valence-electron chi connectivity index (χ3n) is 4.40. The van der Waals surface area contributed by atoms with Gasteiger partial charge in [0, 0.05) is 18.2 Å². The highest BCUT2D eigenvalue weighted by atomic mass is 35.5. The van der Waals surface area contributed by atoms with E-state index in [0.717, 1.165) is 17.8 Å². The molecule has 1 heterocycles. The third-order valence-corrected chi connectivity index (χ3v) is 5.63. The summed E-state index contributed by atoms with van der Waals surface area (Å²) in [7, 11) is -0.736. The second-order valence-corrected chi connectivity index (χ2v) is 8.38. The van der Waals surface area contributed by atoms with E-state index in [1.54, 1.807) is 0 Å². The van der Waals surface area contributed by atoms with Crippen molar-refractivity contribution in [3.63, 3.8) is 0 Å². The lowest BCUT2D eigenvalue weighted by Gasteiger charge is -2.32. The first kappa shape index (κ1) is 20.4. The van der Waals surface area contributed by atoms with Crippen LogP contribution in [-0.4, -0.2) is 29.2 Å². The van der Waals surface area contributed by atoms with Crippen molar-refractivity contribution in [2.75, 3.05) is 5.75 Å². The topological polar surface area (TPSA) is 35.5 Å². The van der Waals surface area contributed by atoms with Crippen LogP contribution in [0.4, 0.5) is 8.78 Å². The van der Waals surface area contributed by atoms with Gasteiger partial charge in [0.25, 0.3) is 0 Å². The van der Waals surface area contributed by atoms with E-state index in [4.69, 9.17) is 20.9 Å². The molecule has 0 spiro atoms. The number of hydrogen-bond donors (Lipinski definition) is 0. The van der Waals surface area contributed by atoms with E-state index in [9.17, 15) is 13.6 Å². The van der Waals surface area contributed by atoms with Crippen LogP contribution in [0.5, 0.6) is 0 Å². The van der Waals surface area contributed by atoms with Gasteiger partial charge in [-0.05, 0) is 45.3 Å². The summed E-state index contributed by atoms with van der Waals surface area (Å²) in [6.45, 7) is 9.05. The van der Waals surface area contributed by atoms with E-state index in [0.29, 0.717) is 5.47 Å². The van der Waals surface area contributed by atoms with Gasteiger partial charge < -0.3 is 9.31 Å². The first-order valence-electron chi connectivity index (χ1n) is 7.77. The number of carbonyl (C=O) groups is 1. The molecular formula is C17H20BClF2O3S. The summed E-state index contributed by atoms with van der Waals surface area (Å²) < 4.78 is 39.6. The molecule has 1 aliphatic rings. The second kappa shape index (κ2) is 7.39. The minimum Gasteiger partial charge on any atom is -0.400 e. The van der Waals surface area contributed by atoms with Crippen molar-refractivity contribution in [3.8, 4) is 0 Å². The monoisotopic (exact) mass is 388 g/mol. The maximum atomic E-state index is 14.2. The van der Waals surface area contributed by atoms with Crippen LogP contribution in [0.1, 0.15) is 40.2 Å². The molecule has 3 nitrogen and oxygen atoms in total. The largest absolute Gasteiger partial charge is 0.491 e. The molecular weight excluding hydrogens is 369 g/mol. The first-order valence-corrected chi connectivity index (χ1v) is 9.14. The molecule has 0 unspecified atom stereocenters. The molecule has 136 valence electrons. The van der Waals surface area contributed by atoms with Gasteiger partial charge in [-0.3, -0.25) is 4.79 Å². The molecule has 0 aromatic heterocycles. The zero-order valence-corrected chi connectivity index (χ0v) is 16.4. The van der Waals surface area contributed by atoms with E-state index in [2.05, 4.69) is 0 Å². The zero-order valence-electron chi connectivity index (χ0n) is 14.8. The molecule has 0 radical (unpaired) electrons. The molecule has 0 aliphatic carbocycles. The van der Waals surface area contributed by atoms with Crippen molar-refractivity contribution < 1.29 is 22.9 Å². The number of halogens is 3. The van der Waals surface area contributed by atoms with Crippen LogP contribution < -0.4 is 0 Å². The summed E-state index contributed by atoms with van der Waals surface area (Å²) in [5.41, 5.74) is -0.464. The second-order valence-electron chi connectivity index (χ2n) is 6.85. The molecule has 1 fully saturated rings. The lowest BCUT2D eigenvalue weighted by atomic mass is 9.78. The Morgan fingerprint density at radius 2 is 1.80 bits per heavy atom. The van der Waals surface area contributed by atoms with E-state index < -0.39 is 35.0 Å². The zero-order chi connectivity index (χ0) is 19.0. The van der Waals surface area contributed by atoms with Crippen molar-refractivity contribution in [1.29, 1.82) is 0 Å². The fraction of sp³-hybridized carbons (Fsp3) is 0.471. The highest BCUT2D eigenvalue weighted by Crippen LogP contribution is 2.39. The molecule has 0 N–H and O–H groups in total. The van der Waals surface area contributed by atoms with Crippen LogP contribution in [0.2, 0.25) is 5.02 Å². The van der Waals surface area contributed by atoms with Crippen molar-refractivity contribution in [3.05, 3.63) is 39.8 Å². The van der Waals surface area contributed by atoms with Crippen molar-refractivity contribution in [2.45, 2.75) is 45.8 Å². The average molecular weight is 389 g/mol. The van der Waals surface area contributed by atoms with Gasteiger partial charge in [0.2, 0.25) is 0 Å². The lowest BCUT2D eigenvalue weighted by Crippen LogP contribution is -2.41. The SMILES string of the molecule is CC(=O)SCC(=Cc1ccc(F)c(Cl)c1F)B1OC(C)(C)C(C)(C)O1. The summed E-state index contributed by atoms with van der Waals surface area (Å²) in [4.78, 5) is 11.3. The number of benzene rings is 1. The molecule has 0 bridgehead atoms. The number of carbonyl (C=O) groups excluding carboxylic acids is 1. The van der Waals surface area contributed by atoms with Gasteiger partial charge in [0.15, 0.2) is 10.9 Å². The van der Waals surface area contributed by atoms with Gasteiger partial charge in [-0.1, -0.05) is 29.4 Å². The number of hydrogen-bond acceptors (Lipinski definition) is 4. The summed E-state index contributed by atoms with van der Waals surface area (Å²) in [6.07, 6.45) is 1.50. The fourth-order valence-electron chi connectivity index (χ4n) is 2.21. The van der Waals surface area contributed by atoms with Gasteiger partial charge in [0.1, 0.15) is 10.8 Å². The van der Waals surface area contributed by atoms with Crippen LogP contribution in [-0.2, 0) is 14.1 Å². The van der Waals surface area contributed by atoms with E-state index in [1.807, 2.05) is 27.7 Å². The van der Waals surface area contributed by atoms with Crippen molar-refractivity contribution >= 4 is 41.7 Å². The third kappa shape index (κ3) is 4.45. The Bertz CT molecular complexity index is 706. The summed E-state index contributed by atoms with van der Waals surface area (Å²) in [5, 5.41) is -0.652. The molecule has 1 aliphatic heterocycles. The lowest BCUT2D eigenvalue weighted by molar-refractivity contribution is -0.109. The predicted molar refractivity (Wildman–Crippen MR) is 98.6 cm³/mol. The van der Waals surface area contributed by atoms with E-state index >= 15 is 0 Å². The Hall–Kier alpha value is -0.885. The van der Waals surface area contributed by atoms with Gasteiger partial charge >= 0.3 is 7.12 Å². The maximum absolute atomic E-state index is 14.2. The van der Waals surface area contributed by atoms with Gasteiger partial charge in [-0.15, -0.1) is 0 Å². The smallest absolute Gasteiger partial charge is 0.400 e. The number of thioether (sulfide) groups is 1. The van der Waals surface area contributed by atoms with Crippen LogP contribution in [0.3, 0.4) is 0 Å². The Morgan fingerprint density at radius 3 is 2.32 bits per heavy atom. The van der Waals surface area contributed by atoms with Crippen LogP contribution in [0.25, 0.3) is 6.08 Å². The normalized spacial score (nSPS) is 19.4. The molecule has 1 aromatic carbocycles. The summed E-state index contributed by atoms with van der Waals surface area (Å²) in [6, 6.07) is 2.39. The minimum absolute atomic E-state index is 0.0833. The standard InChI is InChI=1S/C17H20BClF2O3S/c1-10(22)25-9-12(18-23-16(2,3)17(4,5)24-18)8-11-6-7-13(20)14(19)15(11)21/h6-8H,9H2,1-5H3. The molecule has 2 rings (SSSR count). The molecule has 0 atom stereocenters. The molecule has 1 saturated heterocycles. The molecule has 8 heteroatoms. The van der Waals surface area contributed by atoms with Gasteiger partial charge in [0.05, 0.1) is 11.2 Å². The minimum atomic E-state index is -0.858. The maximum Gasteiger partial charge on any atom is 0.491 e. The molecule has 0 saturated carbocycles. The van der Waals surface area contributed by atoms with Crippen LogP contribution in [0.15, 0.2) is 17.6 Å². The van der Waals surface area contributed by atoms with Crippen LogP contribution in [0, 0.1) is 11.6 Å².